The highest BCUT2D eigenvalue weighted by molar-refractivity contribution is 7.89. The van der Waals surface area contributed by atoms with Gasteiger partial charge in [-0.05, 0) is 39.7 Å². The van der Waals surface area contributed by atoms with Gasteiger partial charge in [0.2, 0.25) is 10.0 Å². The van der Waals surface area contributed by atoms with Crippen LogP contribution in [0.3, 0.4) is 0 Å². The number of nitrogens with one attached hydrogen (secondary N) is 2. The lowest BCUT2D eigenvalue weighted by Gasteiger charge is -2.47. The summed E-state index contributed by atoms with van der Waals surface area (Å²) in [7, 11) is -0.970. The van der Waals surface area contributed by atoms with E-state index in [0.717, 1.165) is 25.3 Å². The molecule has 0 spiro atoms. The quantitative estimate of drug-likeness (QED) is 0.484. The Labute approximate surface area is 159 Å². The molecule has 2 unspecified atom stereocenters. The highest BCUT2D eigenvalue weighted by atomic mass is 32.2. The van der Waals surface area contributed by atoms with Gasteiger partial charge in [0.15, 0.2) is 5.96 Å². The van der Waals surface area contributed by atoms with Crippen LogP contribution in [0.1, 0.15) is 52.9 Å². The molecule has 0 radical (unpaired) electrons. The molecule has 0 aliphatic carbocycles. The summed E-state index contributed by atoms with van der Waals surface area (Å²) in [4.78, 5) is 7.08. The standard InChI is InChI=1S/C18H37N5O2S/c1-5-19-18(20-11-12-26(24,25)23(6-2)7-3)21-15-13-16-9-8-10-17(14-15)22(16)4/h15-17H,5-14H2,1-4H3,(H2,19,20,21). The van der Waals surface area contributed by atoms with E-state index in [1.54, 1.807) is 0 Å². The van der Waals surface area contributed by atoms with E-state index in [9.17, 15) is 8.42 Å². The SMILES string of the molecule is CCNC(=NCCS(=O)(=O)N(CC)CC)NC1CC2CCCC(C1)N2C. The molecule has 2 fully saturated rings. The van der Waals surface area contributed by atoms with Crippen LogP contribution in [0, 0.1) is 0 Å². The van der Waals surface area contributed by atoms with E-state index in [-0.39, 0.29) is 12.3 Å². The summed E-state index contributed by atoms with van der Waals surface area (Å²) < 4.78 is 26.1. The maximum absolute atomic E-state index is 12.3. The summed E-state index contributed by atoms with van der Waals surface area (Å²) in [6.07, 6.45) is 6.16. The van der Waals surface area contributed by atoms with Crippen LogP contribution in [-0.2, 0) is 10.0 Å². The molecule has 2 rings (SSSR count). The third-order valence-corrected chi connectivity index (χ3v) is 7.74. The van der Waals surface area contributed by atoms with E-state index in [4.69, 9.17) is 0 Å². The summed E-state index contributed by atoms with van der Waals surface area (Å²) >= 11 is 0. The molecular weight excluding hydrogens is 350 g/mol. The molecule has 2 aliphatic rings. The van der Waals surface area contributed by atoms with Gasteiger partial charge in [-0.2, -0.15) is 0 Å². The Morgan fingerprint density at radius 2 is 1.77 bits per heavy atom. The van der Waals surface area contributed by atoms with Crippen molar-refractivity contribution < 1.29 is 8.42 Å². The van der Waals surface area contributed by atoms with Crippen LogP contribution >= 0.6 is 0 Å². The predicted molar refractivity (Wildman–Crippen MR) is 108 cm³/mol. The van der Waals surface area contributed by atoms with E-state index in [0.29, 0.717) is 31.2 Å². The Morgan fingerprint density at radius 1 is 1.15 bits per heavy atom. The average Bonchev–Trinajstić information content (AvgIpc) is 2.56. The van der Waals surface area contributed by atoms with Crippen molar-refractivity contribution >= 4 is 16.0 Å². The molecule has 0 aromatic rings. The molecule has 2 N–H and O–H groups in total. The normalized spacial score (nSPS) is 27.6. The largest absolute Gasteiger partial charge is 0.357 e. The van der Waals surface area contributed by atoms with Crippen molar-refractivity contribution in [2.24, 2.45) is 4.99 Å². The first kappa shape index (κ1) is 21.4. The molecule has 0 amide bonds. The van der Waals surface area contributed by atoms with Gasteiger partial charge >= 0.3 is 0 Å². The Balaban J connectivity index is 1.92. The maximum atomic E-state index is 12.3. The number of aliphatic imine (C=N–C) groups is 1. The molecule has 2 heterocycles. The second kappa shape index (κ2) is 9.90. The Hall–Kier alpha value is -0.860. The third-order valence-electron chi connectivity index (χ3n) is 5.74. The lowest BCUT2D eigenvalue weighted by atomic mass is 9.82. The minimum absolute atomic E-state index is 0.0594. The number of sulfonamides is 1. The third kappa shape index (κ3) is 5.57. The van der Waals surface area contributed by atoms with Crippen molar-refractivity contribution in [2.75, 3.05) is 39.0 Å². The van der Waals surface area contributed by atoms with Gasteiger partial charge < -0.3 is 15.5 Å². The average molecular weight is 388 g/mol. The molecule has 26 heavy (non-hydrogen) atoms. The number of hydrogen-bond acceptors (Lipinski definition) is 4. The van der Waals surface area contributed by atoms with Crippen molar-refractivity contribution in [2.45, 2.75) is 71.0 Å². The molecular formula is C18H37N5O2S. The van der Waals surface area contributed by atoms with E-state index in [2.05, 4.69) is 27.6 Å². The molecule has 2 bridgehead atoms. The molecule has 0 aromatic carbocycles. The zero-order valence-electron chi connectivity index (χ0n) is 16.9. The van der Waals surface area contributed by atoms with Crippen molar-refractivity contribution in [1.29, 1.82) is 0 Å². The molecule has 2 aliphatic heterocycles. The number of guanidine groups is 1. The monoisotopic (exact) mass is 387 g/mol. The molecule has 2 saturated heterocycles. The van der Waals surface area contributed by atoms with Crippen LogP contribution in [0.5, 0.6) is 0 Å². The fourth-order valence-electron chi connectivity index (χ4n) is 4.27. The van der Waals surface area contributed by atoms with Crippen LogP contribution in [-0.4, -0.2) is 80.7 Å². The number of fused-ring (bicyclic) bond motifs is 2. The van der Waals surface area contributed by atoms with Crippen LogP contribution < -0.4 is 10.6 Å². The second-order valence-electron chi connectivity index (χ2n) is 7.38. The summed E-state index contributed by atoms with van der Waals surface area (Å²) in [5.41, 5.74) is 0. The Morgan fingerprint density at radius 3 is 2.31 bits per heavy atom. The molecule has 7 nitrogen and oxygen atoms in total. The first-order chi connectivity index (χ1) is 12.4. The highest BCUT2D eigenvalue weighted by Gasteiger charge is 2.36. The first-order valence-electron chi connectivity index (χ1n) is 10.2. The van der Waals surface area contributed by atoms with E-state index >= 15 is 0 Å². The van der Waals surface area contributed by atoms with E-state index in [1.165, 1.54) is 23.6 Å². The molecule has 0 saturated carbocycles. The van der Waals surface area contributed by atoms with Crippen LogP contribution in [0.2, 0.25) is 0 Å². The highest BCUT2D eigenvalue weighted by Crippen LogP contribution is 2.32. The van der Waals surface area contributed by atoms with Crippen molar-refractivity contribution in [1.82, 2.24) is 19.8 Å². The van der Waals surface area contributed by atoms with Crippen molar-refractivity contribution in [3.63, 3.8) is 0 Å². The van der Waals surface area contributed by atoms with Gasteiger partial charge in [0, 0.05) is 37.8 Å². The maximum Gasteiger partial charge on any atom is 0.215 e. The van der Waals surface area contributed by atoms with Gasteiger partial charge in [-0.15, -0.1) is 0 Å². The number of hydrogen-bond donors (Lipinski definition) is 2. The number of piperidine rings is 2. The van der Waals surface area contributed by atoms with E-state index in [1.807, 2.05) is 20.8 Å². The number of rotatable bonds is 8. The fourth-order valence-corrected chi connectivity index (χ4v) is 5.63. The molecule has 8 heteroatoms. The summed E-state index contributed by atoms with van der Waals surface area (Å²) in [5, 5.41) is 6.82. The minimum atomic E-state index is -3.22. The second-order valence-corrected chi connectivity index (χ2v) is 9.47. The predicted octanol–water partition coefficient (Wildman–Crippen LogP) is 1.23. The summed E-state index contributed by atoms with van der Waals surface area (Å²) in [5.74, 6) is 0.805. The van der Waals surface area contributed by atoms with Gasteiger partial charge in [0.05, 0.1) is 12.3 Å². The van der Waals surface area contributed by atoms with Crippen LogP contribution in [0.15, 0.2) is 4.99 Å². The zero-order valence-corrected chi connectivity index (χ0v) is 17.7. The van der Waals surface area contributed by atoms with Crippen molar-refractivity contribution in [3.8, 4) is 0 Å². The fraction of sp³-hybridized carbons (Fsp3) is 0.944. The van der Waals surface area contributed by atoms with E-state index < -0.39 is 10.0 Å². The molecule has 0 aromatic heterocycles. The zero-order chi connectivity index (χ0) is 19.2. The van der Waals surface area contributed by atoms with Gasteiger partial charge in [-0.1, -0.05) is 20.3 Å². The Kier molecular flexibility index (Phi) is 8.16. The van der Waals surface area contributed by atoms with Gasteiger partial charge in [0.1, 0.15) is 0 Å². The van der Waals surface area contributed by atoms with Crippen LogP contribution in [0.25, 0.3) is 0 Å². The summed E-state index contributed by atoms with van der Waals surface area (Å²) in [6.45, 7) is 7.85. The number of nitrogens with zero attached hydrogens (tertiary/aromatic N) is 3. The summed E-state index contributed by atoms with van der Waals surface area (Å²) in [6, 6.07) is 1.73. The van der Waals surface area contributed by atoms with Gasteiger partial charge in [-0.3, -0.25) is 4.99 Å². The molecule has 152 valence electrons. The van der Waals surface area contributed by atoms with Crippen molar-refractivity contribution in [3.05, 3.63) is 0 Å². The molecule has 2 atom stereocenters. The van der Waals surface area contributed by atoms with Gasteiger partial charge in [0.25, 0.3) is 0 Å². The minimum Gasteiger partial charge on any atom is -0.357 e. The Bertz CT molecular complexity index is 548. The van der Waals surface area contributed by atoms with Gasteiger partial charge in [-0.25, -0.2) is 12.7 Å². The van der Waals surface area contributed by atoms with Crippen LogP contribution in [0.4, 0.5) is 0 Å². The lowest BCUT2D eigenvalue weighted by molar-refractivity contribution is 0.0526. The topological polar surface area (TPSA) is 77.0 Å². The lowest BCUT2D eigenvalue weighted by Crippen LogP contribution is -2.56. The smallest absolute Gasteiger partial charge is 0.215 e. The first-order valence-corrected chi connectivity index (χ1v) is 11.8.